The van der Waals surface area contributed by atoms with Crippen molar-refractivity contribution in [2.45, 2.75) is 17.5 Å². The van der Waals surface area contributed by atoms with Crippen molar-refractivity contribution in [3.8, 4) is 11.5 Å². The Bertz CT molecular complexity index is 1090. The average molecular weight is 442 g/mol. The first-order valence-corrected chi connectivity index (χ1v) is 10.5. The Labute approximate surface area is 170 Å². The van der Waals surface area contributed by atoms with Crippen LogP contribution in [0, 0.1) is 5.92 Å². The van der Waals surface area contributed by atoms with Gasteiger partial charge in [-0.05, 0) is 36.2 Å². The molecule has 11 heteroatoms. The zero-order valence-corrected chi connectivity index (χ0v) is 16.3. The first kappa shape index (κ1) is 20.5. The fourth-order valence-corrected chi connectivity index (χ4v) is 4.53. The highest BCUT2D eigenvalue weighted by Crippen LogP contribution is 2.37. The minimum atomic E-state index is -4.64. The number of anilines is 1. The van der Waals surface area contributed by atoms with Gasteiger partial charge >= 0.3 is 6.18 Å². The van der Waals surface area contributed by atoms with E-state index in [0.29, 0.717) is 23.3 Å². The quantitative estimate of drug-likeness (QED) is 0.770. The van der Waals surface area contributed by atoms with Gasteiger partial charge in [0.15, 0.2) is 11.5 Å². The monoisotopic (exact) mass is 442 g/mol. The summed E-state index contributed by atoms with van der Waals surface area (Å²) >= 11 is 0. The van der Waals surface area contributed by atoms with Gasteiger partial charge in [-0.25, -0.2) is 13.1 Å². The summed E-state index contributed by atoms with van der Waals surface area (Å²) in [6.45, 7) is 0.293. The van der Waals surface area contributed by atoms with E-state index in [9.17, 15) is 26.4 Å². The average Bonchev–Trinajstić information content (AvgIpc) is 3.31. The number of ether oxygens (including phenoxy) is 2. The molecule has 0 aliphatic carbocycles. The molecule has 0 aromatic heterocycles. The predicted molar refractivity (Wildman–Crippen MR) is 99.7 cm³/mol. The lowest BCUT2D eigenvalue weighted by atomic mass is 10.1. The molecule has 160 valence electrons. The zero-order valence-electron chi connectivity index (χ0n) is 15.5. The third-order valence-corrected chi connectivity index (χ3v) is 6.33. The van der Waals surface area contributed by atoms with E-state index in [-0.39, 0.29) is 38.1 Å². The molecule has 1 fully saturated rings. The van der Waals surface area contributed by atoms with Crippen LogP contribution in [0.3, 0.4) is 0 Å². The Kier molecular flexibility index (Phi) is 5.10. The zero-order chi connectivity index (χ0) is 21.5. The maximum absolute atomic E-state index is 12.8. The van der Waals surface area contributed by atoms with Crippen LogP contribution in [0.25, 0.3) is 0 Å². The lowest BCUT2D eigenvalue weighted by molar-refractivity contribution is -0.137. The van der Waals surface area contributed by atoms with Crippen LogP contribution < -0.4 is 19.1 Å². The molecule has 7 nitrogen and oxygen atoms in total. The molecule has 0 spiro atoms. The van der Waals surface area contributed by atoms with Crippen molar-refractivity contribution in [3.05, 3.63) is 48.0 Å². The first-order chi connectivity index (χ1) is 14.1. The van der Waals surface area contributed by atoms with E-state index in [1.165, 1.54) is 4.90 Å². The molecule has 1 atom stereocenters. The summed E-state index contributed by atoms with van der Waals surface area (Å²) in [5.74, 6) is 0.588. The van der Waals surface area contributed by atoms with Gasteiger partial charge in [-0.3, -0.25) is 4.79 Å². The highest BCUT2D eigenvalue weighted by Gasteiger charge is 2.34. The number of hydrogen-bond acceptors (Lipinski definition) is 5. The van der Waals surface area contributed by atoms with Crippen LogP contribution in [-0.2, 0) is 21.0 Å². The van der Waals surface area contributed by atoms with Crippen molar-refractivity contribution in [3.63, 3.8) is 0 Å². The maximum atomic E-state index is 12.8. The number of carbonyl (C=O) groups is 1. The summed E-state index contributed by atoms with van der Waals surface area (Å²) < 4.78 is 76.2. The van der Waals surface area contributed by atoms with Gasteiger partial charge in [-0.15, -0.1) is 0 Å². The summed E-state index contributed by atoms with van der Waals surface area (Å²) in [6, 6.07) is 8.59. The molecule has 2 heterocycles. The van der Waals surface area contributed by atoms with Crippen LogP contribution in [0.2, 0.25) is 0 Å². The summed E-state index contributed by atoms with van der Waals surface area (Å²) in [7, 11) is -4.15. The Hall–Kier alpha value is -2.79. The third-order valence-electron chi connectivity index (χ3n) is 4.91. The number of hydrogen-bond donors (Lipinski definition) is 1. The molecule has 1 saturated heterocycles. The minimum Gasteiger partial charge on any atom is -0.454 e. The van der Waals surface area contributed by atoms with Crippen LogP contribution in [0.4, 0.5) is 18.9 Å². The molecular weight excluding hydrogens is 425 g/mol. The summed E-state index contributed by atoms with van der Waals surface area (Å²) in [5, 5.41) is 0. The molecule has 30 heavy (non-hydrogen) atoms. The van der Waals surface area contributed by atoms with Gasteiger partial charge < -0.3 is 14.4 Å². The van der Waals surface area contributed by atoms with Gasteiger partial charge in [0.05, 0.1) is 10.5 Å². The first-order valence-electron chi connectivity index (χ1n) is 9.00. The van der Waals surface area contributed by atoms with E-state index < -0.39 is 26.7 Å². The number of halogens is 3. The van der Waals surface area contributed by atoms with Gasteiger partial charge in [0, 0.05) is 31.3 Å². The summed E-state index contributed by atoms with van der Waals surface area (Å²) in [5.41, 5.74) is -0.442. The maximum Gasteiger partial charge on any atom is 0.416 e. The second-order valence-electron chi connectivity index (χ2n) is 6.99. The lowest BCUT2D eigenvalue weighted by Crippen LogP contribution is -2.31. The predicted octanol–water partition coefficient (Wildman–Crippen LogP) is 2.77. The SMILES string of the molecule is O=C1C[C@@H](CNS(=O)(=O)c2cccc(C(F)(F)F)c2)CN1c1ccc2c(c1)OCO2. The molecule has 2 aromatic rings. The summed E-state index contributed by atoms with van der Waals surface area (Å²) in [6.07, 6.45) is -4.53. The number of amides is 1. The molecule has 2 aromatic carbocycles. The number of fused-ring (bicyclic) bond motifs is 1. The number of sulfonamides is 1. The molecule has 0 radical (unpaired) electrons. The van der Waals surface area contributed by atoms with E-state index in [1.807, 2.05) is 0 Å². The van der Waals surface area contributed by atoms with E-state index in [2.05, 4.69) is 4.72 Å². The second kappa shape index (κ2) is 7.47. The second-order valence-corrected chi connectivity index (χ2v) is 8.76. The van der Waals surface area contributed by atoms with Crippen molar-refractivity contribution in [2.75, 3.05) is 24.8 Å². The van der Waals surface area contributed by atoms with Crippen LogP contribution in [0.5, 0.6) is 11.5 Å². The minimum absolute atomic E-state index is 0.0780. The molecule has 4 rings (SSSR count). The summed E-state index contributed by atoms with van der Waals surface area (Å²) in [4.78, 5) is 13.4. The highest BCUT2D eigenvalue weighted by molar-refractivity contribution is 7.89. The number of nitrogens with zero attached hydrogens (tertiary/aromatic N) is 1. The molecule has 1 N–H and O–H groups in total. The van der Waals surface area contributed by atoms with Gasteiger partial charge in [0.1, 0.15) is 0 Å². The van der Waals surface area contributed by atoms with Crippen LogP contribution in [0.15, 0.2) is 47.4 Å². The molecule has 2 aliphatic rings. The Balaban J connectivity index is 1.43. The topological polar surface area (TPSA) is 84.9 Å². The van der Waals surface area contributed by atoms with Crippen molar-refractivity contribution in [2.24, 2.45) is 5.92 Å². The Morgan fingerprint density at radius 3 is 2.63 bits per heavy atom. The lowest BCUT2D eigenvalue weighted by Gasteiger charge is -2.17. The van der Waals surface area contributed by atoms with Crippen LogP contribution in [-0.4, -0.2) is 34.2 Å². The van der Waals surface area contributed by atoms with E-state index in [0.717, 1.165) is 18.2 Å². The van der Waals surface area contributed by atoms with E-state index in [4.69, 9.17) is 9.47 Å². The number of nitrogens with one attached hydrogen (secondary N) is 1. The molecule has 0 saturated carbocycles. The molecule has 1 amide bonds. The number of rotatable bonds is 5. The standard InChI is InChI=1S/C19H17F3N2O5S/c20-19(21,22)13-2-1-3-15(7-13)30(26,27)23-9-12-6-18(25)24(10-12)14-4-5-16-17(8-14)29-11-28-16/h1-5,7-8,12,23H,6,9-11H2/t12-/m0/s1. The van der Waals surface area contributed by atoms with Gasteiger partial charge in [-0.2, -0.15) is 13.2 Å². The number of carbonyl (C=O) groups excluding carboxylic acids is 1. The molecule has 2 aliphatic heterocycles. The molecular formula is C19H17F3N2O5S. The van der Waals surface area contributed by atoms with Gasteiger partial charge in [0.25, 0.3) is 0 Å². The normalized spacial score (nSPS) is 18.8. The van der Waals surface area contributed by atoms with Crippen LogP contribution in [0.1, 0.15) is 12.0 Å². The third kappa shape index (κ3) is 4.08. The smallest absolute Gasteiger partial charge is 0.416 e. The van der Waals surface area contributed by atoms with Crippen molar-refractivity contribution < 1.29 is 35.9 Å². The van der Waals surface area contributed by atoms with E-state index >= 15 is 0 Å². The Morgan fingerprint density at radius 2 is 1.87 bits per heavy atom. The van der Waals surface area contributed by atoms with Gasteiger partial charge in [-0.1, -0.05) is 6.07 Å². The molecule has 0 unspecified atom stereocenters. The highest BCUT2D eigenvalue weighted by atomic mass is 32.2. The number of alkyl halides is 3. The Morgan fingerprint density at radius 1 is 1.10 bits per heavy atom. The van der Waals surface area contributed by atoms with Crippen molar-refractivity contribution in [1.29, 1.82) is 0 Å². The number of benzene rings is 2. The van der Waals surface area contributed by atoms with Crippen molar-refractivity contribution in [1.82, 2.24) is 4.72 Å². The van der Waals surface area contributed by atoms with E-state index in [1.54, 1.807) is 18.2 Å². The molecule has 0 bridgehead atoms. The van der Waals surface area contributed by atoms with Crippen molar-refractivity contribution >= 4 is 21.6 Å². The van der Waals surface area contributed by atoms with Crippen LogP contribution >= 0.6 is 0 Å². The largest absolute Gasteiger partial charge is 0.454 e. The fourth-order valence-electron chi connectivity index (χ4n) is 3.37. The van der Waals surface area contributed by atoms with Gasteiger partial charge in [0.2, 0.25) is 22.7 Å². The fraction of sp³-hybridized carbons (Fsp3) is 0.316.